The van der Waals surface area contributed by atoms with Gasteiger partial charge in [-0.2, -0.15) is 0 Å². The van der Waals surface area contributed by atoms with Crippen molar-refractivity contribution in [2.45, 2.75) is 26.2 Å². The van der Waals surface area contributed by atoms with Crippen LogP contribution in [0.2, 0.25) is 0 Å². The third-order valence-electron chi connectivity index (χ3n) is 1.83. The van der Waals surface area contributed by atoms with Crippen LogP contribution in [-0.2, 0) is 4.79 Å². The van der Waals surface area contributed by atoms with Gasteiger partial charge in [-0.05, 0) is 30.0 Å². The van der Waals surface area contributed by atoms with E-state index >= 15 is 0 Å². The van der Waals surface area contributed by atoms with Crippen molar-refractivity contribution in [2.75, 3.05) is 12.3 Å². The number of nitrogens with one attached hydrogen (secondary N) is 1. The lowest BCUT2D eigenvalue weighted by Crippen LogP contribution is -2.24. The first kappa shape index (κ1) is 16.3. The Hall–Kier alpha value is -0.680. The first-order valence-electron chi connectivity index (χ1n) is 5.60. The molecule has 0 spiro atoms. The van der Waals surface area contributed by atoms with Gasteiger partial charge in [0.1, 0.15) is 5.03 Å². The summed E-state index contributed by atoms with van der Waals surface area (Å²) in [4.78, 5) is 15.2. The molecule has 0 atom stereocenters. The van der Waals surface area contributed by atoms with Crippen molar-refractivity contribution >= 4 is 34.2 Å². The Balaban J connectivity index is 3.56. The maximum absolute atomic E-state index is 11.4. The Morgan fingerprint density at radius 3 is 2.88 bits per heavy atom. The fourth-order valence-corrected chi connectivity index (χ4v) is 2.80. The lowest BCUT2D eigenvalue weighted by atomic mass is 10.3. The standard InChI is InChI=1S/C12H20N2OS2/c1-4-6-9-14-11(15)8-10-16-17-12(13-3)7-5-2/h5,7H,2-4,6,8-10H2,1H3,(H,14,15)/b12-7+. The molecule has 0 rings (SSSR count). The van der Waals surface area contributed by atoms with E-state index in [4.69, 9.17) is 0 Å². The molecule has 0 fully saturated rings. The van der Waals surface area contributed by atoms with Crippen LogP contribution in [0.4, 0.5) is 0 Å². The van der Waals surface area contributed by atoms with Crippen molar-refractivity contribution in [3.05, 3.63) is 23.8 Å². The molecular weight excluding hydrogens is 252 g/mol. The third-order valence-corrected chi connectivity index (χ3v) is 4.12. The molecule has 0 saturated carbocycles. The van der Waals surface area contributed by atoms with E-state index in [-0.39, 0.29) is 5.91 Å². The lowest BCUT2D eigenvalue weighted by molar-refractivity contribution is -0.120. The fourth-order valence-electron chi connectivity index (χ4n) is 0.937. The number of unbranched alkanes of at least 4 members (excludes halogenated alkanes) is 1. The number of amides is 1. The Morgan fingerprint density at radius 2 is 2.29 bits per heavy atom. The number of hydrogen-bond acceptors (Lipinski definition) is 4. The minimum absolute atomic E-state index is 0.118. The van der Waals surface area contributed by atoms with Gasteiger partial charge in [0.15, 0.2) is 0 Å². The van der Waals surface area contributed by atoms with Gasteiger partial charge in [0.05, 0.1) is 0 Å². The smallest absolute Gasteiger partial charge is 0.220 e. The number of rotatable bonds is 10. The highest BCUT2D eigenvalue weighted by Gasteiger charge is 2.01. The van der Waals surface area contributed by atoms with E-state index in [9.17, 15) is 4.79 Å². The van der Waals surface area contributed by atoms with Crippen LogP contribution >= 0.6 is 21.6 Å². The first-order valence-corrected chi connectivity index (χ1v) is 7.92. The molecule has 0 saturated heterocycles. The summed E-state index contributed by atoms with van der Waals surface area (Å²) in [6, 6.07) is 0. The van der Waals surface area contributed by atoms with E-state index < -0.39 is 0 Å². The van der Waals surface area contributed by atoms with Crippen LogP contribution in [0.15, 0.2) is 28.8 Å². The van der Waals surface area contributed by atoms with Crippen LogP contribution in [0, 0.1) is 0 Å². The Labute approximate surface area is 112 Å². The van der Waals surface area contributed by atoms with Crippen LogP contribution < -0.4 is 5.32 Å². The highest BCUT2D eigenvalue weighted by atomic mass is 33.1. The molecule has 5 heteroatoms. The summed E-state index contributed by atoms with van der Waals surface area (Å²) in [5.74, 6) is 0.888. The van der Waals surface area contributed by atoms with Crippen molar-refractivity contribution in [1.29, 1.82) is 0 Å². The molecule has 96 valence electrons. The molecule has 3 nitrogen and oxygen atoms in total. The van der Waals surface area contributed by atoms with E-state index in [0.717, 1.165) is 30.2 Å². The summed E-state index contributed by atoms with van der Waals surface area (Å²) in [7, 11) is 3.11. The van der Waals surface area contributed by atoms with Gasteiger partial charge in [0.25, 0.3) is 0 Å². The molecule has 17 heavy (non-hydrogen) atoms. The molecule has 1 amide bonds. The lowest BCUT2D eigenvalue weighted by Gasteiger charge is -2.03. The van der Waals surface area contributed by atoms with Crippen LogP contribution in [0.5, 0.6) is 0 Å². The number of carbonyl (C=O) groups excluding carboxylic acids is 1. The van der Waals surface area contributed by atoms with Gasteiger partial charge in [-0.25, -0.2) is 0 Å². The highest BCUT2D eigenvalue weighted by Crippen LogP contribution is 2.30. The molecule has 0 aromatic rings. The van der Waals surface area contributed by atoms with Crippen molar-refractivity contribution in [2.24, 2.45) is 4.99 Å². The summed E-state index contributed by atoms with van der Waals surface area (Å²) in [6.45, 7) is 9.95. The van der Waals surface area contributed by atoms with Gasteiger partial charge >= 0.3 is 0 Å². The maximum Gasteiger partial charge on any atom is 0.220 e. The van der Waals surface area contributed by atoms with E-state index in [1.807, 2.05) is 0 Å². The normalized spacial score (nSPS) is 11.0. The summed E-state index contributed by atoms with van der Waals surface area (Å²) in [5, 5.41) is 3.70. The minimum atomic E-state index is 0.118. The van der Waals surface area contributed by atoms with Gasteiger partial charge in [-0.1, -0.05) is 36.8 Å². The zero-order valence-electron chi connectivity index (χ0n) is 10.3. The average molecular weight is 272 g/mol. The molecule has 0 aliphatic heterocycles. The number of allylic oxidation sites excluding steroid dienone is 2. The van der Waals surface area contributed by atoms with Crippen molar-refractivity contribution in [1.82, 2.24) is 5.32 Å². The quantitative estimate of drug-likeness (QED) is 0.287. The Bertz CT molecular complexity index is 278. The van der Waals surface area contributed by atoms with Crippen LogP contribution in [0.3, 0.4) is 0 Å². The first-order chi connectivity index (χ1) is 8.24. The molecule has 0 radical (unpaired) electrons. The average Bonchev–Trinajstić information content (AvgIpc) is 2.33. The predicted octanol–water partition coefficient (Wildman–Crippen LogP) is 3.40. The predicted molar refractivity (Wildman–Crippen MR) is 80.4 cm³/mol. The molecule has 0 aliphatic carbocycles. The Morgan fingerprint density at radius 1 is 1.53 bits per heavy atom. The molecule has 0 aliphatic rings. The van der Waals surface area contributed by atoms with Crippen molar-refractivity contribution < 1.29 is 4.79 Å². The largest absolute Gasteiger partial charge is 0.356 e. The minimum Gasteiger partial charge on any atom is -0.356 e. The number of nitrogens with zero attached hydrogens (tertiary/aromatic N) is 1. The number of hydrogen-bond donors (Lipinski definition) is 1. The monoisotopic (exact) mass is 272 g/mol. The zero-order chi connectivity index (χ0) is 12.9. The fraction of sp³-hybridized carbons (Fsp3) is 0.500. The summed E-state index contributed by atoms with van der Waals surface area (Å²) >= 11 is 0. The van der Waals surface area contributed by atoms with Gasteiger partial charge in [-0.15, -0.1) is 0 Å². The van der Waals surface area contributed by atoms with Crippen LogP contribution in [0.25, 0.3) is 0 Å². The van der Waals surface area contributed by atoms with Gasteiger partial charge in [-0.3, -0.25) is 9.79 Å². The van der Waals surface area contributed by atoms with E-state index in [0.29, 0.717) is 6.42 Å². The molecule has 0 aromatic carbocycles. The van der Waals surface area contributed by atoms with Crippen LogP contribution in [0.1, 0.15) is 26.2 Å². The van der Waals surface area contributed by atoms with Crippen LogP contribution in [-0.4, -0.2) is 24.9 Å². The van der Waals surface area contributed by atoms with Gasteiger partial charge < -0.3 is 5.32 Å². The Kier molecular flexibility index (Phi) is 11.3. The van der Waals surface area contributed by atoms with Crippen molar-refractivity contribution in [3.8, 4) is 0 Å². The number of carbonyl (C=O) groups is 1. The SMILES string of the molecule is C=C/C=C(\N=C)SSCCC(=O)NCCCC. The molecule has 0 heterocycles. The van der Waals surface area contributed by atoms with Crippen molar-refractivity contribution in [3.63, 3.8) is 0 Å². The third kappa shape index (κ3) is 10.2. The zero-order valence-corrected chi connectivity index (χ0v) is 11.9. The summed E-state index contributed by atoms with van der Waals surface area (Å²) in [6.07, 6.45) is 6.16. The maximum atomic E-state index is 11.4. The van der Waals surface area contributed by atoms with E-state index in [1.165, 1.54) is 10.8 Å². The van der Waals surface area contributed by atoms with Gasteiger partial charge in [0, 0.05) is 18.7 Å². The number of aliphatic imine (C=N–C) groups is 1. The molecule has 1 N–H and O–H groups in total. The second-order valence-corrected chi connectivity index (χ2v) is 5.69. The molecular formula is C12H20N2OS2. The molecule has 0 bridgehead atoms. The summed E-state index contributed by atoms with van der Waals surface area (Å²) < 4.78 is 0. The molecule has 0 unspecified atom stereocenters. The molecule has 0 aromatic heterocycles. The van der Waals surface area contributed by atoms with E-state index in [2.05, 4.69) is 30.5 Å². The van der Waals surface area contributed by atoms with E-state index in [1.54, 1.807) is 22.9 Å². The topological polar surface area (TPSA) is 41.5 Å². The second kappa shape index (κ2) is 11.8. The highest BCUT2D eigenvalue weighted by molar-refractivity contribution is 8.78. The summed E-state index contributed by atoms with van der Waals surface area (Å²) in [5.41, 5.74) is 0. The second-order valence-electron chi connectivity index (χ2n) is 3.26. The van der Waals surface area contributed by atoms with Gasteiger partial charge in [0.2, 0.25) is 5.91 Å².